The molecule has 0 fully saturated rings. The van der Waals surface area contributed by atoms with Gasteiger partial charge in [-0.05, 0) is 31.9 Å². The average Bonchev–Trinajstić information content (AvgIpc) is 2.89. The van der Waals surface area contributed by atoms with Gasteiger partial charge in [0.2, 0.25) is 5.91 Å². The number of hydrogen-bond donors (Lipinski definition) is 2. The zero-order valence-corrected chi connectivity index (χ0v) is 13.2. The lowest BCUT2D eigenvalue weighted by Crippen LogP contribution is -2.29. The second-order valence-electron chi connectivity index (χ2n) is 5.70. The summed E-state index contributed by atoms with van der Waals surface area (Å²) in [4.78, 5) is 30.1. The summed E-state index contributed by atoms with van der Waals surface area (Å²) in [5, 5.41) is 3.00. The van der Waals surface area contributed by atoms with Gasteiger partial charge >= 0.3 is 5.69 Å². The molecular weight excluding hydrogens is 294 g/mol. The van der Waals surface area contributed by atoms with Gasteiger partial charge in [0.1, 0.15) is 12.4 Å². The summed E-state index contributed by atoms with van der Waals surface area (Å²) in [5.74, 6) is 0.787. The van der Waals surface area contributed by atoms with E-state index in [1.165, 1.54) is 0 Å². The van der Waals surface area contributed by atoms with Crippen molar-refractivity contribution < 1.29 is 9.53 Å². The number of carbonyl (C=O) groups excluding carboxylic acids is 1. The standard InChI is InChI=1S/C17H19N3O3/c1-10-12(11(2)19-17(22)18-10)7-8-16(21)20-14-9-23-15-6-4-3-5-13(14)15/h3-6,14H,7-9H2,1-2H3,(H,20,21)(H,18,19,22)/t14-/m1/s1. The van der Waals surface area contributed by atoms with Gasteiger partial charge in [-0.15, -0.1) is 0 Å². The lowest BCUT2D eigenvalue weighted by atomic mass is 10.1. The Bertz CT molecular complexity index is 772. The molecule has 1 aliphatic heterocycles. The summed E-state index contributed by atoms with van der Waals surface area (Å²) in [6, 6.07) is 7.62. The minimum absolute atomic E-state index is 0.0414. The van der Waals surface area contributed by atoms with E-state index in [9.17, 15) is 9.59 Å². The van der Waals surface area contributed by atoms with Crippen molar-refractivity contribution in [3.8, 4) is 5.75 Å². The minimum atomic E-state index is -0.354. The monoisotopic (exact) mass is 313 g/mol. The molecule has 0 spiro atoms. The van der Waals surface area contributed by atoms with E-state index in [1.54, 1.807) is 6.92 Å². The van der Waals surface area contributed by atoms with Gasteiger partial charge < -0.3 is 15.0 Å². The lowest BCUT2D eigenvalue weighted by Gasteiger charge is -2.12. The zero-order chi connectivity index (χ0) is 16.4. The minimum Gasteiger partial charge on any atom is -0.491 e. The Labute approximate surface area is 133 Å². The molecule has 2 heterocycles. The molecule has 6 nitrogen and oxygen atoms in total. The van der Waals surface area contributed by atoms with Gasteiger partial charge in [-0.2, -0.15) is 4.98 Å². The summed E-state index contributed by atoms with van der Waals surface area (Å²) >= 11 is 0. The molecular formula is C17H19N3O3. The normalized spacial score (nSPS) is 15.8. The molecule has 2 aromatic rings. The van der Waals surface area contributed by atoms with Crippen molar-refractivity contribution in [1.29, 1.82) is 0 Å². The summed E-state index contributed by atoms with van der Waals surface area (Å²) in [7, 11) is 0. The van der Waals surface area contributed by atoms with Crippen LogP contribution in [0.3, 0.4) is 0 Å². The number of nitrogens with zero attached hydrogens (tertiary/aromatic N) is 1. The number of H-pyrrole nitrogens is 1. The van der Waals surface area contributed by atoms with Crippen molar-refractivity contribution in [3.63, 3.8) is 0 Å². The van der Waals surface area contributed by atoms with E-state index in [4.69, 9.17) is 4.74 Å². The van der Waals surface area contributed by atoms with E-state index < -0.39 is 0 Å². The van der Waals surface area contributed by atoms with Gasteiger partial charge in [-0.3, -0.25) is 4.79 Å². The molecule has 6 heteroatoms. The van der Waals surface area contributed by atoms with E-state index in [-0.39, 0.29) is 17.6 Å². The van der Waals surface area contributed by atoms with E-state index in [0.717, 1.165) is 22.6 Å². The highest BCUT2D eigenvalue weighted by atomic mass is 16.5. The van der Waals surface area contributed by atoms with Crippen molar-refractivity contribution in [3.05, 3.63) is 57.3 Å². The van der Waals surface area contributed by atoms with E-state index in [0.29, 0.717) is 25.1 Å². The Morgan fingerprint density at radius 3 is 2.96 bits per heavy atom. The number of ether oxygens (including phenoxy) is 1. The number of hydrogen-bond acceptors (Lipinski definition) is 4. The molecule has 1 aromatic heterocycles. The third-order valence-electron chi connectivity index (χ3n) is 4.09. The first-order valence-electron chi connectivity index (χ1n) is 7.62. The highest BCUT2D eigenvalue weighted by molar-refractivity contribution is 5.77. The number of aromatic amines is 1. The molecule has 3 rings (SSSR count). The first-order chi connectivity index (χ1) is 11.0. The van der Waals surface area contributed by atoms with Crippen LogP contribution in [0.2, 0.25) is 0 Å². The third kappa shape index (κ3) is 3.26. The number of nitrogens with one attached hydrogen (secondary N) is 2. The molecule has 1 aliphatic rings. The van der Waals surface area contributed by atoms with Crippen LogP contribution >= 0.6 is 0 Å². The number of benzene rings is 1. The quantitative estimate of drug-likeness (QED) is 0.897. The molecule has 0 saturated heterocycles. The second kappa shape index (κ2) is 6.24. The lowest BCUT2D eigenvalue weighted by molar-refractivity contribution is -0.121. The summed E-state index contributed by atoms with van der Waals surface area (Å²) in [6.45, 7) is 4.07. The number of amides is 1. The Hall–Kier alpha value is -2.63. The fourth-order valence-corrected chi connectivity index (χ4v) is 2.91. The summed E-state index contributed by atoms with van der Waals surface area (Å²) < 4.78 is 5.56. The predicted molar refractivity (Wildman–Crippen MR) is 85.5 cm³/mol. The van der Waals surface area contributed by atoms with Crippen molar-refractivity contribution >= 4 is 5.91 Å². The topological polar surface area (TPSA) is 84.1 Å². The van der Waals surface area contributed by atoms with Crippen LogP contribution < -0.4 is 15.7 Å². The van der Waals surface area contributed by atoms with Gasteiger partial charge in [-0.1, -0.05) is 18.2 Å². The molecule has 120 valence electrons. The zero-order valence-electron chi connectivity index (χ0n) is 13.2. The largest absolute Gasteiger partial charge is 0.491 e. The predicted octanol–water partition coefficient (Wildman–Crippen LogP) is 1.57. The maximum atomic E-state index is 12.2. The van der Waals surface area contributed by atoms with E-state index >= 15 is 0 Å². The molecule has 2 N–H and O–H groups in total. The Morgan fingerprint density at radius 2 is 2.17 bits per heavy atom. The molecule has 0 bridgehead atoms. The smallest absolute Gasteiger partial charge is 0.345 e. The van der Waals surface area contributed by atoms with Gasteiger partial charge in [0.25, 0.3) is 0 Å². The van der Waals surface area contributed by atoms with Crippen LogP contribution in [0.15, 0.2) is 29.1 Å². The van der Waals surface area contributed by atoms with Crippen LogP contribution in [-0.4, -0.2) is 22.5 Å². The number of para-hydroxylation sites is 1. The first kappa shape index (κ1) is 15.3. The first-order valence-corrected chi connectivity index (χ1v) is 7.62. The van der Waals surface area contributed by atoms with Gasteiger partial charge in [-0.25, -0.2) is 4.79 Å². The molecule has 1 aromatic carbocycles. The number of rotatable bonds is 4. The SMILES string of the molecule is Cc1nc(=O)[nH]c(C)c1CCC(=O)N[C@@H]1COc2ccccc21. The average molecular weight is 313 g/mol. The van der Waals surface area contributed by atoms with Crippen molar-refractivity contribution in [1.82, 2.24) is 15.3 Å². The van der Waals surface area contributed by atoms with Crippen LogP contribution in [0.5, 0.6) is 5.75 Å². The fraction of sp³-hybridized carbons (Fsp3) is 0.353. The van der Waals surface area contributed by atoms with Crippen LogP contribution in [0.25, 0.3) is 0 Å². The fourth-order valence-electron chi connectivity index (χ4n) is 2.91. The highest BCUT2D eigenvalue weighted by Gasteiger charge is 2.24. The summed E-state index contributed by atoms with van der Waals surface area (Å²) in [5.41, 5.74) is 3.02. The van der Waals surface area contributed by atoms with Gasteiger partial charge in [0.15, 0.2) is 0 Å². The maximum Gasteiger partial charge on any atom is 0.345 e. The Balaban J connectivity index is 1.62. The molecule has 0 saturated carbocycles. The van der Waals surface area contributed by atoms with Gasteiger partial charge in [0.05, 0.1) is 6.04 Å². The summed E-state index contributed by atoms with van der Waals surface area (Å²) in [6.07, 6.45) is 0.885. The van der Waals surface area contributed by atoms with Crippen LogP contribution in [0.1, 0.15) is 35.0 Å². The Kier molecular flexibility index (Phi) is 4.14. The highest BCUT2D eigenvalue weighted by Crippen LogP contribution is 2.31. The van der Waals surface area contributed by atoms with E-state index in [1.807, 2.05) is 31.2 Å². The van der Waals surface area contributed by atoms with Gasteiger partial charge in [0, 0.05) is 23.4 Å². The molecule has 1 amide bonds. The number of carbonyl (C=O) groups is 1. The molecule has 0 radical (unpaired) electrons. The number of aryl methyl sites for hydroxylation is 2. The molecule has 1 atom stereocenters. The van der Waals surface area contributed by atoms with Crippen molar-refractivity contribution in [2.24, 2.45) is 0 Å². The maximum absolute atomic E-state index is 12.2. The van der Waals surface area contributed by atoms with Crippen LogP contribution in [-0.2, 0) is 11.2 Å². The molecule has 0 aliphatic carbocycles. The van der Waals surface area contributed by atoms with Crippen LogP contribution in [0.4, 0.5) is 0 Å². The third-order valence-corrected chi connectivity index (χ3v) is 4.09. The van der Waals surface area contributed by atoms with Crippen LogP contribution in [0, 0.1) is 13.8 Å². The molecule has 23 heavy (non-hydrogen) atoms. The Morgan fingerprint density at radius 1 is 1.39 bits per heavy atom. The van der Waals surface area contributed by atoms with Crippen molar-refractivity contribution in [2.45, 2.75) is 32.7 Å². The number of fused-ring (bicyclic) bond motifs is 1. The molecule has 0 unspecified atom stereocenters. The second-order valence-corrected chi connectivity index (χ2v) is 5.70. The van der Waals surface area contributed by atoms with E-state index in [2.05, 4.69) is 15.3 Å². The van der Waals surface area contributed by atoms with Crippen molar-refractivity contribution in [2.75, 3.05) is 6.61 Å². The number of aromatic nitrogens is 2.